The van der Waals surface area contributed by atoms with Gasteiger partial charge in [-0.1, -0.05) is 50.2 Å². The number of carbonyl (C=O) groups excluding carboxylic acids is 1. The van der Waals surface area contributed by atoms with Crippen LogP contribution in [-0.2, 0) is 0 Å². The number of hydrogen-bond donors (Lipinski definition) is 2. The van der Waals surface area contributed by atoms with Crippen molar-refractivity contribution < 1.29 is 4.79 Å². The first-order chi connectivity index (χ1) is 12.2. The zero-order valence-corrected chi connectivity index (χ0v) is 15.1. The van der Waals surface area contributed by atoms with Crippen LogP contribution in [0.15, 0.2) is 48.5 Å². The van der Waals surface area contributed by atoms with E-state index in [1.165, 1.54) is 0 Å². The zero-order valence-electron chi connectivity index (χ0n) is 15.1. The zero-order chi connectivity index (χ0) is 17.6. The molecule has 1 amide bonds. The molecule has 0 spiro atoms. The van der Waals surface area contributed by atoms with Crippen LogP contribution in [0.2, 0.25) is 0 Å². The van der Waals surface area contributed by atoms with Gasteiger partial charge in [0.2, 0.25) is 0 Å². The van der Waals surface area contributed by atoms with E-state index >= 15 is 0 Å². The van der Waals surface area contributed by atoms with E-state index in [1.807, 2.05) is 36.4 Å². The fraction of sp³-hybridized carbons (Fsp3) is 0.381. The summed E-state index contributed by atoms with van der Waals surface area (Å²) in [6.07, 6.45) is 1.09. The Morgan fingerprint density at radius 2 is 1.68 bits per heavy atom. The van der Waals surface area contributed by atoms with Gasteiger partial charge in [0.1, 0.15) is 0 Å². The molecule has 0 radical (unpaired) electrons. The van der Waals surface area contributed by atoms with Crippen molar-refractivity contribution in [1.29, 1.82) is 0 Å². The van der Waals surface area contributed by atoms with Gasteiger partial charge in [0.15, 0.2) is 0 Å². The van der Waals surface area contributed by atoms with Crippen LogP contribution in [0.3, 0.4) is 0 Å². The fourth-order valence-electron chi connectivity index (χ4n) is 3.48. The number of fused-ring (bicyclic) bond motifs is 2. The quantitative estimate of drug-likeness (QED) is 0.758. The Bertz CT molecular complexity index is 725. The van der Waals surface area contributed by atoms with Crippen LogP contribution >= 0.6 is 0 Å². The first kappa shape index (κ1) is 17.6. The first-order valence-electron chi connectivity index (χ1n) is 9.19. The first-order valence-corrected chi connectivity index (χ1v) is 9.19. The summed E-state index contributed by atoms with van der Waals surface area (Å²) in [5, 5.41) is 6.73. The highest BCUT2D eigenvalue weighted by atomic mass is 16.1. The molecular formula is C21H27N3O. The van der Waals surface area contributed by atoms with Crippen LogP contribution in [0.5, 0.6) is 0 Å². The molecule has 2 aromatic rings. The number of carbonyl (C=O) groups is 1. The molecule has 4 nitrogen and oxygen atoms in total. The molecule has 132 valence electrons. The van der Waals surface area contributed by atoms with Crippen molar-refractivity contribution in [3.05, 3.63) is 65.2 Å². The van der Waals surface area contributed by atoms with E-state index in [-0.39, 0.29) is 11.9 Å². The summed E-state index contributed by atoms with van der Waals surface area (Å²) in [5.74, 6) is -0.0320. The standard InChI is InChI=1S/C21H27N3O/c1-3-24(4-2)15-9-14-22-20-16-10-5-6-11-17(16)21(25)23-19-13-8-7-12-18(19)20/h5-8,10-13,20,22H,3-4,9,14-15H2,1-2H3,(H,23,25). The van der Waals surface area contributed by atoms with E-state index in [0.717, 1.165) is 55.0 Å². The number of amides is 1. The minimum absolute atomic E-state index is 0.0306. The molecule has 1 aliphatic heterocycles. The normalized spacial score (nSPS) is 16.1. The Morgan fingerprint density at radius 3 is 2.44 bits per heavy atom. The molecular weight excluding hydrogens is 310 g/mol. The molecule has 3 rings (SSSR count). The SMILES string of the molecule is CCN(CC)CCCNC1c2ccccc2NC(=O)c2ccccc21. The lowest BCUT2D eigenvalue weighted by Crippen LogP contribution is -2.29. The number of nitrogens with zero attached hydrogens (tertiary/aromatic N) is 1. The van der Waals surface area contributed by atoms with Crippen LogP contribution in [0.4, 0.5) is 5.69 Å². The highest BCUT2D eigenvalue weighted by Gasteiger charge is 2.26. The number of nitrogens with one attached hydrogen (secondary N) is 2. The van der Waals surface area contributed by atoms with Crippen molar-refractivity contribution in [2.45, 2.75) is 26.3 Å². The summed E-state index contributed by atoms with van der Waals surface area (Å²) in [5.41, 5.74) is 3.82. The summed E-state index contributed by atoms with van der Waals surface area (Å²) in [6.45, 7) is 8.58. The van der Waals surface area contributed by atoms with Crippen LogP contribution in [0.25, 0.3) is 0 Å². The molecule has 2 aromatic carbocycles. The molecule has 2 N–H and O–H groups in total. The maximum Gasteiger partial charge on any atom is 0.256 e. The maximum atomic E-state index is 12.6. The fourth-order valence-corrected chi connectivity index (χ4v) is 3.48. The van der Waals surface area contributed by atoms with Crippen molar-refractivity contribution >= 4 is 11.6 Å². The van der Waals surface area contributed by atoms with Gasteiger partial charge < -0.3 is 15.5 Å². The number of benzene rings is 2. The van der Waals surface area contributed by atoms with E-state index in [4.69, 9.17) is 0 Å². The van der Waals surface area contributed by atoms with Gasteiger partial charge in [-0.3, -0.25) is 4.79 Å². The predicted octanol–water partition coefficient (Wildman–Crippen LogP) is 3.66. The van der Waals surface area contributed by atoms with Crippen LogP contribution in [0, 0.1) is 0 Å². The minimum Gasteiger partial charge on any atom is -0.322 e. The Morgan fingerprint density at radius 1 is 1.00 bits per heavy atom. The summed E-state index contributed by atoms with van der Waals surface area (Å²) in [6, 6.07) is 16.0. The molecule has 25 heavy (non-hydrogen) atoms. The smallest absolute Gasteiger partial charge is 0.256 e. The summed E-state index contributed by atoms with van der Waals surface area (Å²) in [7, 11) is 0. The molecule has 0 saturated carbocycles. The largest absolute Gasteiger partial charge is 0.322 e. The third-order valence-corrected chi connectivity index (χ3v) is 4.93. The average Bonchev–Trinajstić information content (AvgIpc) is 2.77. The summed E-state index contributed by atoms with van der Waals surface area (Å²) in [4.78, 5) is 15.0. The second-order valence-electron chi connectivity index (χ2n) is 6.40. The van der Waals surface area contributed by atoms with Crippen LogP contribution in [-0.4, -0.2) is 37.0 Å². The van der Waals surface area contributed by atoms with Crippen LogP contribution < -0.4 is 10.6 Å². The number of anilines is 1. The molecule has 1 aliphatic rings. The van der Waals surface area contributed by atoms with Gasteiger partial charge in [-0.2, -0.15) is 0 Å². The topological polar surface area (TPSA) is 44.4 Å². The van der Waals surface area contributed by atoms with E-state index in [9.17, 15) is 4.79 Å². The van der Waals surface area contributed by atoms with Gasteiger partial charge in [-0.15, -0.1) is 0 Å². The lowest BCUT2D eigenvalue weighted by molar-refractivity contribution is 0.102. The van der Waals surface area contributed by atoms with Crippen LogP contribution in [0.1, 0.15) is 47.8 Å². The van der Waals surface area contributed by atoms with Crippen molar-refractivity contribution in [1.82, 2.24) is 10.2 Å². The predicted molar refractivity (Wildman–Crippen MR) is 103 cm³/mol. The third kappa shape index (κ3) is 3.91. The number of para-hydroxylation sites is 1. The van der Waals surface area contributed by atoms with E-state index in [1.54, 1.807) is 0 Å². The molecule has 0 aliphatic carbocycles. The van der Waals surface area contributed by atoms with E-state index in [2.05, 4.69) is 41.5 Å². The Hall–Kier alpha value is -2.17. The Balaban J connectivity index is 1.82. The van der Waals surface area contributed by atoms with Crippen molar-refractivity contribution in [2.24, 2.45) is 0 Å². The minimum atomic E-state index is -0.0320. The van der Waals surface area contributed by atoms with E-state index < -0.39 is 0 Å². The Kier molecular flexibility index (Phi) is 5.84. The van der Waals surface area contributed by atoms with Crippen molar-refractivity contribution in [3.8, 4) is 0 Å². The molecule has 0 saturated heterocycles. The molecule has 1 atom stereocenters. The lowest BCUT2D eigenvalue weighted by atomic mass is 9.94. The molecule has 1 unspecified atom stereocenters. The highest BCUT2D eigenvalue weighted by molar-refractivity contribution is 6.07. The van der Waals surface area contributed by atoms with Gasteiger partial charge in [-0.25, -0.2) is 0 Å². The third-order valence-electron chi connectivity index (χ3n) is 4.93. The second kappa shape index (κ2) is 8.28. The maximum absolute atomic E-state index is 12.6. The molecule has 0 bridgehead atoms. The Labute approximate surface area is 150 Å². The highest BCUT2D eigenvalue weighted by Crippen LogP contribution is 2.33. The van der Waals surface area contributed by atoms with Gasteiger partial charge >= 0.3 is 0 Å². The molecule has 1 heterocycles. The number of hydrogen-bond acceptors (Lipinski definition) is 3. The lowest BCUT2D eigenvalue weighted by Gasteiger charge is -2.22. The molecule has 4 heteroatoms. The van der Waals surface area contributed by atoms with Gasteiger partial charge in [0.25, 0.3) is 5.91 Å². The summed E-state index contributed by atoms with van der Waals surface area (Å²) < 4.78 is 0. The second-order valence-corrected chi connectivity index (χ2v) is 6.40. The molecule has 0 fully saturated rings. The number of rotatable bonds is 7. The average molecular weight is 337 g/mol. The van der Waals surface area contributed by atoms with Gasteiger partial charge in [-0.05, 0) is 55.9 Å². The van der Waals surface area contributed by atoms with E-state index in [0.29, 0.717) is 0 Å². The monoisotopic (exact) mass is 337 g/mol. The van der Waals surface area contributed by atoms with Crippen molar-refractivity contribution in [2.75, 3.05) is 31.5 Å². The summed E-state index contributed by atoms with van der Waals surface area (Å²) >= 11 is 0. The van der Waals surface area contributed by atoms with Gasteiger partial charge in [0, 0.05) is 11.3 Å². The van der Waals surface area contributed by atoms with Crippen molar-refractivity contribution in [3.63, 3.8) is 0 Å². The molecule has 0 aromatic heterocycles. The van der Waals surface area contributed by atoms with Gasteiger partial charge in [0.05, 0.1) is 6.04 Å².